The van der Waals surface area contributed by atoms with Crippen LogP contribution in [0.2, 0.25) is 0 Å². The molecule has 1 aliphatic heterocycles. The number of benzene rings is 2. The van der Waals surface area contributed by atoms with E-state index in [1.54, 1.807) is 42.4 Å². The van der Waals surface area contributed by atoms with Crippen molar-refractivity contribution in [3.63, 3.8) is 0 Å². The number of nitrogens with zero attached hydrogens (tertiary/aromatic N) is 3. The van der Waals surface area contributed by atoms with E-state index in [1.807, 2.05) is 13.8 Å². The van der Waals surface area contributed by atoms with Gasteiger partial charge in [0.25, 0.3) is 0 Å². The molecular weight excluding hydrogens is 588 g/mol. The van der Waals surface area contributed by atoms with Crippen LogP contribution >= 0.6 is 0 Å². The van der Waals surface area contributed by atoms with E-state index < -0.39 is 21.3 Å². The zero-order chi connectivity index (χ0) is 31.4. The van der Waals surface area contributed by atoms with E-state index in [4.69, 9.17) is 4.74 Å². The van der Waals surface area contributed by atoms with Crippen LogP contribution in [-0.4, -0.2) is 56.8 Å². The van der Waals surface area contributed by atoms with Crippen molar-refractivity contribution in [1.29, 1.82) is 0 Å². The highest BCUT2D eigenvalue weighted by Crippen LogP contribution is 2.60. The zero-order valence-electron chi connectivity index (χ0n) is 24.8. The number of carbonyl (C=O) groups excluding carboxylic acids is 1. The van der Waals surface area contributed by atoms with Crippen LogP contribution in [0.4, 0.5) is 20.2 Å². The predicted molar refractivity (Wildman–Crippen MR) is 165 cm³/mol. The van der Waals surface area contributed by atoms with Crippen molar-refractivity contribution in [2.24, 2.45) is 0 Å². The standard InChI is InChI=1S/C32H33F2N5O4S/c1-18(2)35-9-10-43-30-27(38-44(4,41)42)11-19(16-37-30)22-12-23-26(13-25(22)34)36-17-28-29(23)32(31(40)39(28)3)14-20(15-32)21-7-5-6-8-24(21)33/h5-8,11-13,16-18,20,35,38H,9-10,14-15H2,1-4H3. The Morgan fingerprint density at radius 1 is 1.09 bits per heavy atom. The van der Waals surface area contributed by atoms with E-state index in [9.17, 15) is 17.6 Å². The number of fused-ring (bicyclic) bond motifs is 4. The van der Waals surface area contributed by atoms with Crippen molar-refractivity contribution in [3.8, 4) is 17.0 Å². The van der Waals surface area contributed by atoms with Crippen LogP contribution in [0.25, 0.3) is 22.0 Å². The van der Waals surface area contributed by atoms with Crippen molar-refractivity contribution in [2.75, 3.05) is 36.1 Å². The number of carbonyl (C=O) groups is 1. The summed E-state index contributed by atoms with van der Waals surface area (Å²) in [7, 11) is -2.02. The van der Waals surface area contributed by atoms with Gasteiger partial charge in [-0.2, -0.15) is 0 Å². The van der Waals surface area contributed by atoms with Gasteiger partial charge in [0.1, 0.15) is 23.9 Å². The molecule has 1 amide bonds. The maximum Gasteiger partial charge on any atom is 0.238 e. The van der Waals surface area contributed by atoms with Crippen LogP contribution in [0.3, 0.4) is 0 Å². The van der Waals surface area contributed by atoms with E-state index in [0.717, 1.165) is 11.8 Å². The lowest BCUT2D eigenvalue weighted by atomic mass is 9.57. The summed E-state index contributed by atoms with van der Waals surface area (Å²) in [6, 6.07) is 11.3. The van der Waals surface area contributed by atoms with Gasteiger partial charge in [-0.1, -0.05) is 32.0 Å². The van der Waals surface area contributed by atoms with Crippen LogP contribution in [0.5, 0.6) is 5.88 Å². The fraction of sp³-hybridized carbons (Fsp3) is 0.344. The van der Waals surface area contributed by atoms with Gasteiger partial charge >= 0.3 is 0 Å². The minimum Gasteiger partial charge on any atom is -0.475 e. The monoisotopic (exact) mass is 621 g/mol. The van der Waals surface area contributed by atoms with E-state index in [0.29, 0.717) is 47.1 Å². The Morgan fingerprint density at radius 3 is 2.55 bits per heavy atom. The van der Waals surface area contributed by atoms with Gasteiger partial charge in [-0.05, 0) is 42.5 Å². The predicted octanol–water partition coefficient (Wildman–Crippen LogP) is 5.12. The fourth-order valence-electron chi connectivity index (χ4n) is 6.39. The number of nitrogens with one attached hydrogen (secondary N) is 2. The maximum absolute atomic E-state index is 15.7. The van der Waals surface area contributed by atoms with Crippen molar-refractivity contribution >= 4 is 38.2 Å². The van der Waals surface area contributed by atoms with Crippen LogP contribution < -0.4 is 19.7 Å². The number of ether oxygens (including phenoxy) is 1. The molecule has 0 unspecified atom stereocenters. The molecule has 4 aromatic rings. The molecule has 1 aliphatic carbocycles. The summed E-state index contributed by atoms with van der Waals surface area (Å²) < 4.78 is 62.8. The summed E-state index contributed by atoms with van der Waals surface area (Å²) in [6.45, 7) is 4.75. The molecule has 0 atom stereocenters. The molecule has 3 heterocycles. The first-order valence-electron chi connectivity index (χ1n) is 14.4. The van der Waals surface area contributed by atoms with E-state index >= 15 is 4.39 Å². The Bertz CT molecular complexity index is 1890. The molecule has 2 N–H and O–H groups in total. The molecule has 6 rings (SSSR count). The summed E-state index contributed by atoms with van der Waals surface area (Å²) >= 11 is 0. The van der Waals surface area contributed by atoms with Gasteiger partial charge in [0, 0.05) is 54.0 Å². The van der Waals surface area contributed by atoms with Crippen LogP contribution in [-0.2, 0) is 20.2 Å². The number of rotatable bonds is 9. The van der Waals surface area contributed by atoms with Crippen LogP contribution in [0.15, 0.2) is 54.9 Å². The van der Waals surface area contributed by atoms with Gasteiger partial charge in [-0.25, -0.2) is 22.2 Å². The van der Waals surface area contributed by atoms with Gasteiger partial charge in [0.15, 0.2) is 0 Å². The number of halogens is 2. The number of hydrogen-bond acceptors (Lipinski definition) is 7. The number of aromatic nitrogens is 2. The number of pyridine rings is 2. The Morgan fingerprint density at radius 2 is 1.84 bits per heavy atom. The quantitative estimate of drug-likeness (QED) is 0.250. The molecule has 2 aliphatic rings. The van der Waals surface area contributed by atoms with E-state index in [2.05, 4.69) is 20.0 Å². The molecule has 0 radical (unpaired) electrons. The molecule has 0 bridgehead atoms. The summed E-state index contributed by atoms with van der Waals surface area (Å²) in [5, 5.41) is 3.81. The molecule has 1 fully saturated rings. The summed E-state index contributed by atoms with van der Waals surface area (Å²) in [5.74, 6) is -1.07. The molecule has 2 aromatic heterocycles. The highest BCUT2D eigenvalue weighted by atomic mass is 32.2. The Balaban J connectivity index is 1.42. The van der Waals surface area contributed by atoms with Crippen molar-refractivity contribution < 1.29 is 26.7 Å². The Labute approximate surface area is 254 Å². The van der Waals surface area contributed by atoms with Crippen molar-refractivity contribution in [3.05, 3.63) is 77.6 Å². The molecule has 2 aromatic carbocycles. The van der Waals surface area contributed by atoms with E-state index in [-0.39, 0.29) is 47.4 Å². The second kappa shape index (κ2) is 11.1. The average molecular weight is 622 g/mol. The lowest BCUT2D eigenvalue weighted by Crippen LogP contribution is -2.48. The largest absolute Gasteiger partial charge is 0.475 e. The second-order valence-electron chi connectivity index (χ2n) is 11.8. The van der Waals surface area contributed by atoms with Gasteiger partial charge in [0.05, 0.1) is 29.1 Å². The lowest BCUT2D eigenvalue weighted by molar-refractivity contribution is -0.126. The van der Waals surface area contributed by atoms with Gasteiger partial charge in [-0.3, -0.25) is 14.5 Å². The second-order valence-corrected chi connectivity index (χ2v) is 13.6. The van der Waals surface area contributed by atoms with E-state index in [1.165, 1.54) is 24.4 Å². The number of anilines is 2. The van der Waals surface area contributed by atoms with Crippen LogP contribution in [0, 0.1) is 11.6 Å². The summed E-state index contributed by atoms with van der Waals surface area (Å²) in [5.41, 5.74) is 1.97. The summed E-state index contributed by atoms with van der Waals surface area (Å²) in [6.07, 6.45) is 4.84. The zero-order valence-corrected chi connectivity index (χ0v) is 25.6. The smallest absolute Gasteiger partial charge is 0.238 e. The molecule has 0 saturated heterocycles. The molecular formula is C32H33F2N5O4S. The molecule has 1 saturated carbocycles. The highest BCUT2D eigenvalue weighted by molar-refractivity contribution is 7.92. The van der Waals surface area contributed by atoms with Gasteiger partial charge in [0.2, 0.25) is 21.8 Å². The molecule has 9 nitrogen and oxygen atoms in total. The first-order valence-corrected chi connectivity index (χ1v) is 16.3. The Hall–Kier alpha value is -4.16. The van der Waals surface area contributed by atoms with Crippen molar-refractivity contribution in [1.82, 2.24) is 15.3 Å². The molecule has 230 valence electrons. The third-order valence-electron chi connectivity index (χ3n) is 8.38. The van der Waals surface area contributed by atoms with Gasteiger partial charge < -0.3 is 15.0 Å². The molecule has 12 heteroatoms. The third-order valence-corrected chi connectivity index (χ3v) is 8.97. The molecule has 1 spiro atoms. The Kier molecular flexibility index (Phi) is 7.53. The topological polar surface area (TPSA) is 114 Å². The molecule has 44 heavy (non-hydrogen) atoms. The van der Waals surface area contributed by atoms with Crippen molar-refractivity contribution in [2.45, 2.75) is 44.1 Å². The normalized spacial score (nSPS) is 19.5. The minimum atomic E-state index is -3.71. The SMILES string of the molecule is CC(C)NCCOc1ncc(-c2cc3c4c(cnc3cc2F)N(C)C(=O)C42CC(c3ccccc3F)C2)cc1NS(C)(=O)=O. The first kappa shape index (κ1) is 29.9. The number of sulfonamides is 1. The minimum absolute atomic E-state index is 0.0633. The van der Waals surface area contributed by atoms with Gasteiger partial charge in [-0.15, -0.1) is 0 Å². The maximum atomic E-state index is 15.7. The number of hydrogen-bond donors (Lipinski definition) is 2. The lowest BCUT2D eigenvalue weighted by Gasteiger charge is -2.44. The fourth-order valence-corrected chi connectivity index (χ4v) is 6.93. The number of amides is 1. The van der Waals surface area contributed by atoms with Crippen LogP contribution in [0.1, 0.15) is 43.7 Å². The summed E-state index contributed by atoms with van der Waals surface area (Å²) in [4.78, 5) is 24.0. The first-order chi connectivity index (χ1) is 20.9. The third kappa shape index (κ3) is 5.26. The average Bonchev–Trinajstić information content (AvgIpc) is 3.16. The number of likely N-dealkylation sites (N-methyl/N-ethyl adjacent to an activating group) is 1. The highest BCUT2D eigenvalue weighted by Gasteiger charge is 2.59.